The predicted octanol–water partition coefficient (Wildman–Crippen LogP) is 3.46. The molecule has 0 saturated heterocycles. The van der Waals surface area contributed by atoms with Gasteiger partial charge in [0.25, 0.3) is 0 Å². The molecule has 8 heteroatoms. The van der Waals surface area contributed by atoms with E-state index in [0.717, 1.165) is 5.56 Å². The van der Waals surface area contributed by atoms with Gasteiger partial charge in [-0.2, -0.15) is 0 Å². The molecule has 0 atom stereocenters. The molecule has 0 fully saturated rings. The molecule has 1 amide bonds. The predicted molar refractivity (Wildman–Crippen MR) is 109 cm³/mol. The summed E-state index contributed by atoms with van der Waals surface area (Å²) in [5.74, 6) is 0.681. The highest BCUT2D eigenvalue weighted by Crippen LogP contribution is 2.34. The second kappa shape index (κ2) is 7.48. The Kier molecular flexibility index (Phi) is 5.00. The number of carbonyl (C=O) groups is 1. The largest absolute Gasteiger partial charge is 0.486 e. The van der Waals surface area contributed by atoms with Gasteiger partial charge in [-0.25, -0.2) is 4.79 Å². The van der Waals surface area contributed by atoms with Crippen LogP contribution in [-0.2, 0) is 16.9 Å². The third kappa shape index (κ3) is 3.96. The fourth-order valence-electron chi connectivity index (χ4n) is 3.38. The molecule has 0 spiro atoms. The highest BCUT2D eigenvalue weighted by atomic mass is 35.5. The number of nitrogens with one attached hydrogen (secondary N) is 1. The molecule has 4 rings (SSSR count). The zero-order chi connectivity index (χ0) is 20.6. The Morgan fingerprint density at radius 3 is 2.69 bits per heavy atom. The van der Waals surface area contributed by atoms with Crippen LogP contribution in [0.25, 0.3) is 11.1 Å². The van der Waals surface area contributed by atoms with Crippen LogP contribution in [0.15, 0.2) is 45.6 Å². The second-order valence-electron chi connectivity index (χ2n) is 7.41. The lowest BCUT2D eigenvalue weighted by molar-refractivity contribution is -0.123. The van der Waals surface area contributed by atoms with E-state index < -0.39 is 11.3 Å². The monoisotopic (exact) mass is 416 g/mol. The maximum atomic E-state index is 12.6. The van der Waals surface area contributed by atoms with Crippen molar-refractivity contribution in [2.75, 3.05) is 13.2 Å². The molecule has 1 N–H and O–H groups in total. The van der Waals surface area contributed by atoms with Crippen molar-refractivity contribution < 1.29 is 18.7 Å². The second-order valence-corrected chi connectivity index (χ2v) is 7.85. The summed E-state index contributed by atoms with van der Waals surface area (Å²) >= 11 is 5.93. The summed E-state index contributed by atoms with van der Waals surface area (Å²) in [4.78, 5) is 24.7. The number of aromatic nitrogens is 1. The first kappa shape index (κ1) is 19.4. The quantitative estimate of drug-likeness (QED) is 0.688. The number of benzene rings is 2. The van der Waals surface area contributed by atoms with Crippen molar-refractivity contribution >= 4 is 28.6 Å². The van der Waals surface area contributed by atoms with Crippen LogP contribution in [0, 0.1) is 0 Å². The summed E-state index contributed by atoms with van der Waals surface area (Å²) < 4.78 is 17.8. The molecular formula is C21H21ClN2O5. The molecule has 7 nitrogen and oxygen atoms in total. The number of fused-ring (bicyclic) bond motifs is 2. The zero-order valence-corrected chi connectivity index (χ0v) is 16.9. The molecule has 0 radical (unpaired) electrons. The van der Waals surface area contributed by atoms with Gasteiger partial charge in [0, 0.05) is 24.1 Å². The summed E-state index contributed by atoms with van der Waals surface area (Å²) in [6.07, 6.45) is 0.130. The lowest BCUT2D eigenvalue weighted by Crippen LogP contribution is -2.41. The van der Waals surface area contributed by atoms with Crippen LogP contribution < -0.4 is 20.5 Å². The first-order valence-electron chi connectivity index (χ1n) is 9.33. The van der Waals surface area contributed by atoms with E-state index in [-0.39, 0.29) is 18.9 Å². The van der Waals surface area contributed by atoms with E-state index in [9.17, 15) is 9.59 Å². The maximum absolute atomic E-state index is 12.6. The Labute approximate surface area is 172 Å². The van der Waals surface area contributed by atoms with Gasteiger partial charge < -0.3 is 19.2 Å². The minimum absolute atomic E-state index is 0.130. The molecule has 2 heterocycles. The smallest absolute Gasteiger partial charge is 0.419 e. The Morgan fingerprint density at radius 2 is 1.90 bits per heavy atom. The topological polar surface area (TPSA) is 82.7 Å². The van der Waals surface area contributed by atoms with Crippen LogP contribution >= 0.6 is 11.6 Å². The van der Waals surface area contributed by atoms with Gasteiger partial charge in [-0.3, -0.25) is 9.36 Å². The molecule has 0 saturated carbocycles. The van der Waals surface area contributed by atoms with Crippen molar-refractivity contribution in [1.82, 2.24) is 9.88 Å². The van der Waals surface area contributed by atoms with E-state index in [4.69, 9.17) is 25.5 Å². The summed E-state index contributed by atoms with van der Waals surface area (Å²) in [5.41, 5.74) is 1.29. The summed E-state index contributed by atoms with van der Waals surface area (Å²) in [6, 6.07) is 10.6. The number of halogens is 1. The lowest BCUT2D eigenvalue weighted by atomic mass is 9.93. The van der Waals surface area contributed by atoms with E-state index in [1.54, 1.807) is 18.2 Å². The number of ether oxygens (including phenoxy) is 2. The average Bonchev–Trinajstić information content (AvgIpc) is 2.99. The van der Waals surface area contributed by atoms with Gasteiger partial charge in [-0.05, 0) is 43.7 Å². The Morgan fingerprint density at radius 1 is 1.14 bits per heavy atom. The number of oxazole rings is 1. The standard InChI is InChI=1S/C21H21ClN2O5/c1-21(2,13-3-6-16-18(11-13)28-10-9-27-16)23-19(25)7-8-24-15-5-4-14(22)12-17(15)29-20(24)26/h3-6,11-12H,7-10H2,1-2H3,(H,23,25). The van der Waals surface area contributed by atoms with Gasteiger partial charge in [0.1, 0.15) is 13.2 Å². The van der Waals surface area contributed by atoms with Gasteiger partial charge in [0.15, 0.2) is 17.1 Å². The maximum Gasteiger partial charge on any atom is 0.419 e. The van der Waals surface area contributed by atoms with Crippen LogP contribution in [0.1, 0.15) is 25.8 Å². The van der Waals surface area contributed by atoms with Crippen molar-refractivity contribution in [2.24, 2.45) is 0 Å². The zero-order valence-electron chi connectivity index (χ0n) is 16.2. The van der Waals surface area contributed by atoms with Crippen molar-refractivity contribution in [3.05, 3.63) is 57.5 Å². The fraction of sp³-hybridized carbons (Fsp3) is 0.333. The Balaban J connectivity index is 1.45. The molecule has 1 aromatic heterocycles. The molecule has 2 aromatic carbocycles. The summed E-state index contributed by atoms with van der Waals surface area (Å²) in [7, 11) is 0. The summed E-state index contributed by atoms with van der Waals surface area (Å²) in [5, 5.41) is 3.50. The number of hydrogen-bond donors (Lipinski definition) is 1. The molecule has 0 bridgehead atoms. The summed E-state index contributed by atoms with van der Waals surface area (Å²) in [6.45, 7) is 5.06. The highest BCUT2D eigenvalue weighted by molar-refractivity contribution is 6.31. The molecule has 0 unspecified atom stereocenters. The number of nitrogens with zero attached hydrogens (tertiary/aromatic N) is 1. The normalized spacial score (nSPS) is 13.5. The first-order valence-corrected chi connectivity index (χ1v) is 9.71. The third-order valence-corrected chi connectivity index (χ3v) is 5.14. The van der Waals surface area contributed by atoms with Crippen molar-refractivity contribution in [3.63, 3.8) is 0 Å². The van der Waals surface area contributed by atoms with Crippen LogP contribution in [0.2, 0.25) is 5.02 Å². The average molecular weight is 417 g/mol. The van der Waals surface area contributed by atoms with Crippen molar-refractivity contribution in [2.45, 2.75) is 32.4 Å². The molecule has 152 valence electrons. The molecule has 29 heavy (non-hydrogen) atoms. The Bertz CT molecular complexity index is 1130. The van der Waals surface area contributed by atoms with Crippen LogP contribution in [0.5, 0.6) is 11.5 Å². The SMILES string of the molecule is CC(C)(NC(=O)CCn1c(=O)oc2cc(Cl)ccc21)c1ccc2c(c1)OCCO2. The molecule has 0 aliphatic carbocycles. The molecule has 1 aliphatic rings. The van der Waals surface area contributed by atoms with E-state index in [1.165, 1.54) is 4.57 Å². The highest BCUT2D eigenvalue weighted by Gasteiger charge is 2.25. The minimum Gasteiger partial charge on any atom is -0.486 e. The molecular weight excluding hydrogens is 396 g/mol. The van der Waals surface area contributed by atoms with E-state index in [1.807, 2.05) is 32.0 Å². The molecule has 3 aromatic rings. The van der Waals surface area contributed by atoms with E-state index in [0.29, 0.717) is 40.8 Å². The number of rotatable bonds is 5. The van der Waals surface area contributed by atoms with Gasteiger partial charge in [-0.15, -0.1) is 0 Å². The van der Waals surface area contributed by atoms with Crippen LogP contribution in [0.3, 0.4) is 0 Å². The fourth-order valence-corrected chi connectivity index (χ4v) is 3.54. The van der Waals surface area contributed by atoms with Crippen molar-refractivity contribution in [1.29, 1.82) is 0 Å². The van der Waals surface area contributed by atoms with Crippen LogP contribution in [-0.4, -0.2) is 23.7 Å². The molecule has 1 aliphatic heterocycles. The Hall–Kier alpha value is -2.93. The van der Waals surface area contributed by atoms with Gasteiger partial charge >= 0.3 is 5.76 Å². The number of aryl methyl sites for hydroxylation is 1. The van der Waals surface area contributed by atoms with Gasteiger partial charge in [0.05, 0.1) is 11.1 Å². The minimum atomic E-state index is -0.621. The third-order valence-electron chi connectivity index (χ3n) is 4.91. The van der Waals surface area contributed by atoms with E-state index in [2.05, 4.69) is 5.32 Å². The van der Waals surface area contributed by atoms with Gasteiger partial charge in [0.2, 0.25) is 5.91 Å². The van der Waals surface area contributed by atoms with Gasteiger partial charge in [-0.1, -0.05) is 17.7 Å². The number of amides is 1. The van der Waals surface area contributed by atoms with Crippen LogP contribution in [0.4, 0.5) is 0 Å². The first-order chi connectivity index (χ1) is 13.8. The lowest BCUT2D eigenvalue weighted by Gasteiger charge is -2.28. The van der Waals surface area contributed by atoms with Crippen molar-refractivity contribution in [3.8, 4) is 11.5 Å². The number of carbonyl (C=O) groups excluding carboxylic acids is 1. The number of hydrogen-bond acceptors (Lipinski definition) is 5. The van der Waals surface area contributed by atoms with E-state index >= 15 is 0 Å².